The van der Waals surface area contributed by atoms with Crippen LogP contribution in [0.1, 0.15) is 25.7 Å². The van der Waals surface area contributed by atoms with Gasteiger partial charge in [0, 0.05) is 12.1 Å². The molecule has 2 fully saturated rings. The van der Waals surface area contributed by atoms with Gasteiger partial charge in [-0.15, -0.1) is 0 Å². The zero-order valence-electron chi connectivity index (χ0n) is 6.51. The summed E-state index contributed by atoms with van der Waals surface area (Å²) in [6.45, 7) is 0.889. The van der Waals surface area contributed by atoms with Crippen molar-refractivity contribution in [2.24, 2.45) is 0 Å². The van der Waals surface area contributed by atoms with E-state index in [0.29, 0.717) is 5.54 Å². The fraction of sp³-hybridized carbons (Fsp3) is 1.00. The van der Waals surface area contributed by atoms with E-state index in [4.69, 9.17) is 0 Å². The molecule has 1 spiro atoms. The summed E-state index contributed by atoms with van der Waals surface area (Å²) in [6, 6.07) is 0. The zero-order valence-corrected chi connectivity index (χ0v) is 6.51. The molecule has 0 bridgehead atoms. The average molecular weight is 141 g/mol. The van der Waals surface area contributed by atoms with Crippen LogP contribution in [0, 0.1) is 0 Å². The second-order valence-corrected chi connectivity index (χ2v) is 3.80. The third-order valence-electron chi connectivity index (χ3n) is 3.06. The van der Waals surface area contributed by atoms with Crippen LogP contribution in [-0.2, 0) is 0 Å². The Bertz CT molecular complexity index is 142. The van der Waals surface area contributed by atoms with Crippen LogP contribution in [0.25, 0.3) is 0 Å². The lowest BCUT2D eigenvalue weighted by Gasteiger charge is -2.35. The number of nitrogens with zero attached hydrogens (tertiary/aromatic N) is 1. The third kappa shape index (κ3) is 0.867. The van der Waals surface area contributed by atoms with E-state index in [1.54, 1.807) is 0 Å². The van der Waals surface area contributed by atoms with Crippen LogP contribution in [0.3, 0.4) is 0 Å². The molecule has 1 unspecified atom stereocenters. The van der Waals surface area contributed by atoms with E-state index in [0.717, 1.165) is 13.0 Å². The van der Waals surface area contributed by atoms with Crippen molar-refractivity contribution < 1.29 is 5.11 Å². The molecule has 2 heteroatoms. The quantitative estimate of drug-likeness (QED) is 0.534. The summed E-state index contributed by atoms with van der Waals surface area (Å²) >= 11 is 0. The van der Waals surface area contributed by atoms with Crippen LogP contribution in [0.4, 0.5) is 0 Å². The molecule has 2 nitrogen and oxygen atoms in total. The Kier molecular flexibility index (Phi) is 1.29. The van der Waals surface area contributed by atoms with Crippen molar-refractivity contribution in [1.29, 1.82) is 0 Å². The second-order valence-electron chi connectivity index (χ2n) is 3.80. The van der Waals surface area contributed by atoms with Gasteiger partial charge < -0.3 is 5.11 Å². The highest BCUT2D eigenvalue weighted by Gasteiger charge is 2.48. The Morgan fingerprint density at radius 1 is 1.40 bits per heavy atom. The standard InChI is InChI=1S/C8H15NO/c1-9-6-7(10)2-3-8(9)4-5-8/h7,10H,2-6H2,1H3. The highest BCUT2D eigenvalue weighted by Crippen LogP contribution is 2.47. The molecule has 58 valence electrons. The van der Waals surface area contributed by atoms with E-state index in [1.807, 2.05) is 0 Å². The summed E-state index contributed by atoms with van der Waals surface area (Å²) in [7, 11) is 2.13. The minimum absolute atomic E-state index is 0.0591. The summed E-state index contributed by atoms with van der Waals surface area (Å²) < 4.78 is 0. The number of hydrogen-bond acceptors (Lipinski definition) is 2. The van der Waals surface area contributed by atoms with E-state index < -0.39 is 0 Å². The van der Waals surface area contributed by atoms with Gasteiger partial charge in [0.05, 0.1) is 6.10 Å². The smallest absolute Gasteiger partial charge is 0.0667 e. The first kappa shape index (κ1) is 6.62. The molecule has 2 aliphatic rings. The van der Waals surface area contributed by atoms with Gasteiger partial charge in [0.1, 0.15) is 0 Å². The molecular weight excluding hydrogens is 126 g/mol. The zero-order chi connectivity index (χ0) is 7.19. The summed E-state index contributed by atoms with van der Waals surface area (Å²) in [5.74, 6) is 0. The predicted molar refractivity (Wildman–Crippen MR) is 39.8 cm³/mol. The molecule has 0 aromatic carbocycles. The normalized spacial score (nSPS) is 38.4. The van der Waals surface area contributed by atoms with Gasteiger partial charge in [-0.3, -0.25) is 4.90 Å². The molecule has 0 aromatic heterocycles. The molecule has 1 N–H and O–H groups in total. The maximum atomic E-state index is 9.30. The Morgan fingerprint density at radius 2 is 2.10 bits per heavy atom. The number of likely N-dealkylation sites (tertiary alicyclic amines) is 1. The van der Waals surface area contributed by atoms with Gasteiger partial charge >= 0.3 is 0 Å². The SMILES string of the molecule is CN1CC(O)CCC12CC2. The first-order valence-corrected chi connectivity index (χ1v) is 4.12. The molecule has 2 rings (SSSR count). The van der Waals surface area contributed by atoms with Crippen molar-refractivity contribution in [3.63, 3.8) is 0 Å². The Balaban J connectivity index is 2.01. The van der Waals surface area contributed by atoms with Crippen LogP contribution in [0.15, 0.2) is 0 Å². The van der Waals surface area contributed by atoms with Gasteiger partial charge in [0.25, 0.3) is 0 Å². The van der Waals surface area contributed by atoms with Crippen molar-refractivity contribution >= 4 is 0 Å². The Hall–Kier alpha value is -0.0800. The lowest BCUT2D eigenvalue weighted by molar-refractivity contribution is 0.0411. The molecule has 10 heavy (non-hydrogen) atoms. The van der Waals surface area contributed by atoms with E-state index in [1.165, 1.54) is 19.3 Å². The van der Waals surface area contributed by atoms with E-state index in [9.17, 15) is 5.11 Å². The van der Waals surface area contributed by atoms with Crippen molar-refractivity contribution in [1.82, 2.24) is 4.90 Å². The van der Waals surface area contributed by atoms with E-state index in [2.05, 4.69) is 11.9 Å². The lowest BCUT2D eigenvalue weighted by atomic mass is 9.99. The van der Waals surface area contributed by atoms with Gasteiger partial charge in [-0.25, -0.2) is 0 Å². The number of likely N-dealkylation sites (N-methyl/N-ethyl adjacent to an activating group) is 1. The van der Waals surface area contributed by atoms with Gasteiger partial charge in [0.15, 0.2) is 0 Å². The van der Waals surface area contributed by atoms with E-state index in [-0.39, 0.29) is 6.10 Å². The summed E-state index contributed by atoms with van der Waals surface area (Å²) in [5.41, 5.74) is 0.541. The third-order valence-corrected chi connectivity index (χ3v) is 3.06. The highest BCUT2D eigenvalue weighted by atomic mass is 16.3. The van der Waals surface area contributed by atoms with Crippen molar-refractivity contribution in [2.75, 3.05) is 13.6 Å². The fourth-order valence-electron chi connectivity index (χ4n) is 2.00. The number of aliphatic hydroxyl groups is 1. The first-order valence-electron chi connectivity index (χ1n) is 4.12. The Morgan fingerprint density at radius 3 is 2.60 bits per heavy atom. The lowest BCUT2D eigenvalue weighted by Crippen LogP contribution is -2.44. The first-order chi connectivity index (χ1) is 4.73. The second kappa shape index (κ2) is 1.95. The molecule has 0 amide bonds. The van der Waals surface area contributed by atoms with Gasteiger partial charge in [-0.05, 0) is 32.7 Å². The van der Waals surface area contributed by atoms with Crippen molar-refractivity contribution in [2.45, 2.75) is 37.3 Å². The molecule has 1 saturated heterocycles. The summed E-state index contributed by atoms with van der Waals surface area (Å²) in [5, 5.41) is 9.30. The van der Waals surface area contributed by atoms with Gasteiger partial charge in [0.2, 0.25) is 0 Å². The molecule has 1 heterocycles. The van der Waals surface area contributed by atoms with E-state index >= 15 is 0 Å². The number of β-amino-alcohol motifs (C(OH)–C–C–N with tert-alkyl or cyclic N) is 1. The molecule has 0 radical (unpaired) electrons. The number of aliphatic hydroxyl groups excluding tert-OH is 1. The minimum Gasteiger partial charge on any atom is -0.392 e. The number of piperidine rings is 1. The molecule has 1 atom stereocenters. The Labute approximate surface area is 61.8 Å². The molecular formula is C8H15NO. The van der Waals surface area contributed by atoms with Gasteiger partial charge in [-0.2, -0.15) is 0 Å². The monoisotopic (exact) mass is 141 g/mol. The van der Waals surface area contributed by atoms with Crippen LogP contribution < -0.4 is 0 Å². The minimum atomic E-state index is -0.0591. The summed E-state index contributed by atoms with van der Waals surface area (Å²) in [4.78, 5) is 2.33. The molecule has 1 aliphatic heterocycles. The maximum absolute atomic E-state index is 9.30. The van der Waals surface area contributed by atoms with Crippen LogP contribution in [-0.4, -0.2) is 35.2 Å². The van der Waals surface area contributed by atoms with Crippen molar-refractivity contribution in [3.8, 4) is 0 Å². The largest absolute Gasteiger partial charge is 0.392 e. The van der Waals surface area contributed by atoms with Crippen LogP contribution >= 0.6 is 0 Å². The average Bonchev–Trinajstić information content (AvgIpc) is 2.62. The summed E-state index contributed by atoms with van der Waals surface area (Å²) in [6.07, 6.45) is 4.89. The number of rotatable bonds is 0. The fourth-order valence-corrected chi connectivity index (χ4v) is 2.00. The molecule has 1 aliphatic carbocycles. The van der Waals surface area contributed by atoms with Crippen LogP contribution in [0.2, 0.25) is 0 Å². The van der Waals surface area contributed by atoms with Gasteiger partial charge in [-0.1, -0.05) is 0 Å². The number of hydrogen-bond donors (Lipinski definition) is 1. The molecule has 0 aromatic rings. The van der Waals surface area contributed by atoms with Crippen LogP contribution in [0.5, 0.6) is 0 Å². The molecule has 1 saturated carbocycles. The highest BCUT2D eigenvalue weighted by molar-refractivity contribution is 5.05. The topological polar surface area (TPSA) is 23.5 Å². The maximum Gasteiger partial charge on any atom is 0.0667 e. The van der Waals surface area contributed by atoms with Crippen molar-refractivity contribution in [3.05, 3.63) is 0 Å². The predicted octanol–water partition coefficient (Wildman–Crippen LogP) is 0.605.